The Morgan fingerprint density at radius 3 is 2.44 bits per heavy atom. The Morgan fingerprint density at radius 1 is 1.02 bits per heavy atom. The highest BCUT2D eigenvalue weighted by Gasteiger charge is 2.54. The highest BCUT2D eigenvalue weighted by molar-refractivity contribution is 6.01. The van der Waals surface area contributed by atoms with Crippen molar-refractivity contribution in [2.24, 2.45) is 15.2 Å². The number of rotatable bonds is 15. The summed E-state index contributed by atoms with van der Waals surface area (Å²) in [5.74, 6) is 0.333. The second kappa shape index (κ2) is 15.2. The first-order valence-electron chi connectivity index (χ1n) is 14.0. The lowest BCUT2D eigenvalue weighted by molar-refractivity contribution is -0.130. The summed E-state index contributed by atoms with van der Waals surface area (Å²) in [5, 5.41) is 16.7. The molecule has 1 heterocycles. The summed E-state index contributed by atoms with van der Waals surface area (Å²) in [6.45, 7) is 2.99. The maximum absolute atomic E-state index is 14.2. The molecule has 2 atom stereocenters. The van der Waals surface area contributed by atoms with Crippen LogP contribution in [0.4, 0.5) is 11.4 Å². The van der Waals surface area contributed by atoms with Crippen molar-refractivity contribution in [3.63, 3.8) is 0 Å². The van der Waals surface area contributed by atoms with Gasteiger partial charge in [0.25, 0.3) is 5.91 Å². The fourth-order valence-electron chi connectivity index (χ4n) is 4.72. The number of azide groups is 2. The van der Waals surface area contributed by atoms with E-state index in [4.69, 9.17) is 19.6 Å². The van der Waals surface area contributed by atoms with Gasteiger partial charge in [0.2, 0.25) is 5.90 Å². The van der Waals surface area contributed by atoms with Gasteiger partial charge in [0.1, 0.15) is 5.75 Å². The predicted octanol–water partition coefficient (Wildman–Crippen LogP) is 6.25. The topological polar surface area (TPSA) is 190 Å². The summed E-state index contributed by atoms with van der Waals surface area (Å²) < 4.78 is 12.2. The van der Waals surface area contributed by atoms with E-state index in [-0.39, 0.29) is 18.9 Å². The number of aliphatic imine (C=N–C) groups is 1. The molecule has 1 aliphatic heterocycles. The van der Waals surface area contributed by atoms with E-state index in [2.05, 4.69) is 30.9 Å². The van der Waals surface area contributed by atoms with Gasteiger partial charge in [0, 0.05) is 58.3 Å². The molecule has 43 heavy (non-hydrogen) atoms. The number of amides is 1. The lowest BCUT2D eigenvalue weighted by Gasteiger charge is -2.31. The van der Waals surface area contributed by atoms with E-state index in [1.807, 2.05) is 6.92 Å². The normalized spacial score (nSPS) is 17.2. The first-order chi connectivity index (χ1) is 21.1. The van der Waals surface area contributed by atoms with Crippen LogP contribution in [0.15, 0.2) is 88.0 Å². The third-order valence-corrected chi connectivity index (χ3v) is 6.86. The molecule has 0 aromatic heterocycles. The second-order valence-corrected chi connectivity index (χ2v) is 9.77. The van der Waals surface area contributed by atoms with Gasteiger partial charge in [-0.2, -0.15) is 0 Å². The monoisotopic (exact) mass is 583 g/mol. The van der Waals surface area contributed by atoms with E-state index in [9.17, 15) is 15.9 Å². The van der Waals surface area contributed by atoms with Crippen LogP contribution in [-0.4, -0.2) is 42.2 Å². The smallest absolute Gasteiger partial charge is 0.266 e. The molecular formula is C30H33N9O4. The molecule has 0 radical (unpaired) electrons. The Kier molecular flexibility index (Phi) is 11.0. The number of carbonyl (C=O) groups excluding carboxylic acids is 1. The van der Waals surface area contributed by atoms with Crippen molar-refractivity contribution in [2.75, 3.05) is 19.8 Å². The molecule has 0 saturated carbocycles. The van der Waals surface area contributed by atoms with Crippen LogP contribution >= 0.6 is 0 Å². The average Bonchev–Trinajstić information content (AvgIpc) is 3.41. The van der Waals surface area contributed by atoms with Gasteiger partial charge in [0.05, 0.1) is 6.61 Å². The molecule has 3 N–H and O–H groups in total. The number of hydrogen-bond acceptors (Lipinski definition) is 8. The number of aliphatic hydroxyl groups excluding tert-OH is 1. The zero-order valence-electron chi connectivity index (χ0n) is 23.8. The molecule has 3 aromatic rings. The maximum atomic E-state index is 14.2. The first kappa shape index (κ1) is 30.9. The molecule has 3 aromatic carbocycles. The van der Waals surface area contributed by atoms with Crippen LogP contribution in [0, 0.1) is 0 Å². The minimum absolute atomic E-state index is 0.00457. The largest absolute Gasteiger partial charge is 0.494 e. The Hall–Kier alpha value is -5.06. The zero-order valence-corrected chi connectivity index (χ0v) is 23.8. The summed E-state index contributed by atoms with van der Waals surface area (Å²) in [6, 6.07) is 20.9. The number of nitrogens with zero attached hydrogens (tertiary/aromatic N) is 7. The van der Waals surface area contributed by atoms with Crippen molar-refractivity contribution in [3.8, 4) is 5.75 Å². The Morgan fingerprint density at radius 2 is 1.72 bits per heavy atom. The van der Waals surface area contributed by atoms with Crippen molar-refractivity contribution >= 4 is 23.2 Å². The molecule has 0 aliphatic carbocycles. The number of carbonyl (C=O) groups is 1. The van der Waals surface area contributed by atoms with Crippen molar-refractivity contribution in [1.82, 2.24) is 10.9 Å². The van der Waals surface area contributed by atoms with Gasteiger partial charge in [-0.3, -0.25) is 10.2 Å². The molecule has 0 spiro atoms. The van der Waals surface area contributed by atoms with E-state index < -0.39 is 17.6 Å². The quantitative estimate of drug-likeness (QED) is 0.0625. The van der Waals surface area contributed by atoms with Gasteiger partial charge in [0.15, 0.2) is 11.6 Å². The van der Waals surface area contributed by atoms with Crippen LogP contribution < -0.4 is 15.6 Å². The molecular weight excluding hydrogens is 550 g/mol. The van der Waals surface area contributed by atoms with Crippen LogP contribution in [0.5, 0.6) is 5.75 Å². The minimum Gasteiger partial charge on any atom is -0.494 e. The van der Waals surface area contributed by atoms with E-state index in [1.165, 1.54) is 0 Å². The van der Waals surface area contributed by atoms with Crippen LogP contribution in [-0.2, 0) is 16.0 Å². The van der Waals surface area contributed by atoms with Crippen LogP contribution in [0.1, 0.15) is 49.0 Å². The van der Waals surface area contributed by atoms with Crippen LogP contribution in [0.25, 0.3) is 20.9 Å². The first-order valence-corrected chi connectivity index (χ1v) is 14.0. The number of hydrogen-bond donors (Lipinski definition) is 3. The third-order valence-electron chi connectivity index (χ3n) is 6.86. The lowest BCUT2D eigenvalue weighted by atomic mass is 9.81. The zero-order chi connectivity index (χ0) is 30.5. The highest BCUT2D eigenvalue weighted by Crippen LogP contribution is 2.46. The number of unbranched alkanes of at least 4 members (excludes halogenated alkanes) is 1. The van der Waals surface area contributed by atoms with Gasteiger partial charge >= 0.3 is 0 Å². The van der Waals surface area contributed by atoms with Gasteiger partial charge in [-0.25, -0.2) is 10.4 Å². The molecule has 0 unspecified atom stereocenters. The van der Waals surface area contributed by atoms with Gasteiger partial charge in [-0.15, -0.1) is 0 Å². The summed E-state index contributed by atoms with van der Waals surface area (Å²) in [6.07, 6.45) is 1.27. The van der Waals surface area contributed by atoms with E-state index in [0.717, 1.165) is 12.8 Å². The van der Waals surface area contributed by atoms with Crippen molar-refractivity contribution in [1.29, 1.82) is 0 Å². The van der Waals surface area contributed by atoms with Crippen molar-refractivity contribution < 1.29 is 19.4 Å². The molecule has 0 bridgehead atoms. The molecule has 1 aliphatic rings. The highest BCUT2D eigenvalue weighted by atomic mass is 16.5. The molecule has 0 saturated heterocycles. The minimum atomic E-state index is -1.60. The Labute approximate surface area is 248 Å². The van der Waals surface area contributed by atoms with E-state index >= 15 is 0 Å². The van der Waals surface area contributed by atoms with Crippen LogP contribution in [0.3, 0.4) is 0 Å². The van der Waals surface area contributed by atoms with E-state index in [1.54, 1.807) is 72.8 Å². The lowest BCUT2D eigenvalue weighted by Crippen LogP contribution is -2.54. The summed E-state index contributed by atoms with van der Waals surface area (Å²) in [4.78, 5) is 25.1. The fourth-order valence-corrected chi connectivity index (χ4v) is 4.72. The summed E-state index contributed by atoms with van der Waals surface area (Å²) in [7, 11) is 0. The molecule has 13 heteroatoms. The van der Waals surface area contributed by atoms with Crippen LogP contribution in [0.2, 0.25) is 0 Å². The third kappa shape index (κ3) is 7.42. The fraction of sp³-hybridized carbons (Fsp3) is 0.333. The number of ether oxygens (including phenoxy) is 2. The second-order valence-electron chi connectivity index (χ2n) is 9.77. The molecule has 1 amide bonds. The molecule has 4 rings (SSSR count). The Bertz CT molecular complexity index is 1530. The molecule has 222 valence electrons. The molecule has 0 fully saturated rings. The standard InChI is InChI=1S/C30H33N9O4/c1-2-3-17-33-37-29(41)30(20-22-9-4-6-11-25(22)35-38-31)27(24-10-5-7-12-26(24)36-39-32)43-28(34-30)21-13-15-23(16-14-21)42-19-8-18-40/h4-7,9-16,27,33,40H,2-3,8,17-20H2,1H3,(H,37,41)/t27-,30-/m0/s1. The van der Waals surface area contributed by atoms with E-state index in [0.29, 0.717) is 53.4 Å². The van der Waals surface area contributed by atoms with Crippen molar-refractivity contribution in [3.05, 3.63) is 110 Å². The van der Waals surface area contributed by atoms with Gasteiger partial charge in [-0.1, -0.05) is 72.1 Å². The Balaban J connectivity index is 1.85. The SMILES string of the molecule is CCCCNNC(=O)[C@@]1(Cc2ccccc2N=[N+]=[N-])N=C(c2ccc(OCCCO)cc2)O[C@H]1c1ccccc1N=[N+]=[N-]. The summed E-state index contributed by atoms with van der Waals surface area (Å²) >= 11 is 0. The van der Waals surface area contributed by atoms with Gasteiger partial charge < -0.3 is 14.6 Å². The number of benzene rings is 3. The predicted molar refractivity (Wildman–Crippen MR) is 162 cm³/mol. The number of nitrogens with one attached hydrogen (secondary N) is 2. The van der Waals surface area contributed by atoms with Crippen molar-refractivity contribution in [2.45, 2.75) is 44.2 Å². The number of hydrazine groups is 1. The average molecular weight is 584 g/mol. The number of aliphatic hydroxyl groups is 1. The van der Waals surface area contributed by atoms with Gasteiger partial charge in [-0.05, 0) is 47.3 Å². The summed E-state index contributed by atoms with van der Waals surface area (Å²) in [5.41, 5.74) is 25.0. The maximum Gasteiger partial charge on any atom is 0.266 e. The molecule has 13 nitrogen and oxygen atoms in total.